The molecule has 120 valence electrons. The summed E-state index contributed by atoms with van der Waals surface area (Å²) in [5, 5.41) is 9.60. The first kappa shape index (κ1) is 15.3. The van der Waals surface area contributed by atoms with E-state index in [0.717, 1.165) is 18.4 Å². The minimum Gasteiger partial charge on any atom is -0.508 e. The molecule has 0 aliphatic heterocycles. The third-order valence-corrected chi connectivity index (χ3v) is 4.08. The van der Waals surface area contributed by atoms with Crippen LogP contribution in [-0.4, -0.2) is 26.4 Å². The van der Waals surface area contributed by atoms with Crippen LogP contribution in [0.25, 0.3) is 6.08 Å². The van der Waals surface area contributed by atoms with Gasteiger partial charge in [-0.05, 0) is 53.8 Å². The number of allylic oxidation sites excluding steroid dienone is 1. The fourth-order valence-corrected chi connectivity index (χ4v) is 3.02. The van der Waals surface area contributed by atoms with Crippen LogP contribution in [0.15, 0.2) is 35.9 Å². The molecule has 2 aromatic rings. The number of methoxy groups -OCH3 is 3. The molecule has 0 radical (unpaired) electrons. The summed E-state index contributed by atoms with van der Waals surface area (Å²) in [6.07, 6.45) is 3.88. The Kier molecular flexibility index (Phi) is 4.15. The number of phenols is 1. The van der Waals surface area contributed by atoms with E-state index in [1.54, 1.807) is 27.4 Å². The molecule has 0 aromatic heterocycles. The van der Waals surface area contributed by atoms with Crippen LogP contribution in [0.3, 0.4) is 0 Å². The maximum Gasteiger partial charge on any atom is 0.203 e. The van der Waals surface area contributed by atoms with E-state index in [1.807, 2.05) is 24.3 Å². The summed E-state index contributed by atoms with van der Waals surface area (Å²) in [5.74, 6) is 2.20. The largest absolute Gasteiger partial charge is 0.508 e. The Hall–Kier alpha value is -2.62. The molecule has 1 aliphatic carbocycles. The monoisotopic (exact) mass is 312 g/mol. The number of rotatable bonds is 4. The second-order valence-electron chi connectivity index (χ2n) is 5.57. The first-order valence-electron chi connectivity index (χ1n) is 7.45. The lowest BCUT2D eigenvalue weighted by Gasteiger charge is -2.13. The number of ether oxygens (including phenoxy) is 3. The normalized spacial score (nSPS) is 14.7. The topological polar surface area (TPSA) is 47.9 Å². The smallest absolute Gasteiger partial charge is 0.203 e. The zero-order valence-electron chi connectivity index (χ0n) is 13.6. The molecule has 1 N–H and O–H groups in total. The van der Waals surface area contributed by atoms with E-state index >= 15 is 0 Å². The molecule has 4 heteroatoms. The molecular weight excluding hydrogens is 292 g/mol. The molecule has 0 heterocycles. The Morgan fingerprint density at radius 2 is 1.52 bits per heavy atom. The van der Waals surface area contributed by atoms with Gasteiger partial charge in [-0.2, -0.15) is 0 Å². The second kappa shape index (κ2) is 6.24. The van der Waals surface area contributed by atoms with Gasteiger partial charge in [0.1, 0.15) is 5.75 Å². The summed E-state index contributed by atoms with van der Waals surface area (Å²) in [7, 11) is 4.82. The number of fused-ring (bicyclic) bond motifs is 1. The van der Waals surface area contributed by atoms with Gasteiger partial charge < -0.3 is 19.3 Å². The van der Waals surface area contributed by atoms with Crippen molar-refractivity contribution in [2.24, 2.45) is 0 Å². The third-order valence-electron chi connectivity index (χ3n) is 4.08. The van der Waals surface area contributed by atoms with Crippen LogP contribution in [0.4, 0.5) is 0 Å². The summed E-state index contributed by atoms with van der Waals surface area (Å²) < 4.78 is 16.1. The molecule has 0 atom stereocenters. The molecule has 1 aliphatic rings. The van der Waals surface area contributed by atoms with Gasteiger partial charge in [0.15, 0.2) is 11.5 Å². The molecule has 0 saturated carbocycles. The lowest BCUT2D eigenvalue weighted by atomic mass is 10.1. The molecule has 2 aromatic carbocycles. The molecule has 0 saturated heterocycles. The zero-order valence-corrected chi connectivity index (χ0v) is 13.6. The highest BCUT2D eigenvalue weighted by Crippen LogP contribution is 2.39. The predicted octanol–water partition coefficient (Wildman–Crippen LogP) is 3.60. The Morgan fingerprint density at radius 3 is 2.13 bits per heavy atom. The van der Waals surface area contributed by atoms with E-state index in [1.165, 1.54) is 16.7 Å². The minimum absolute atomic E-state index is 0.317. The van der Waals surface area contributed by atoms with Gasteiger partial charge in [-0.3, -0.25) is 0 Å². The summed E-state index contributed by atoms with van der Waals surface area (Å²) in [6, 6.07) is 9.44. The van der Waals surface area contributed by atoms with Crippen LogP contribution < -0.4 is 14.2 Å². The van der Waals surface area contributed by atoms with Crippen molar-refractivity contribution in [3.63, 3.8) is 0 Å². The highest BCUT2D eigenvalue weighted by atomic mass is 16.5. The van der Waals surface area contributed by atoms with Gasteiger partial charge >= 0.3 is 0 Å². The maximum absolute atomic E-state index is 9.60. The van der Waals surface area contributed by atoms with Crippen molar-refractivity contribution >= 4 is 6.08 Å². The molecule has 0 fully saturated rings. The number of phenolic OH excluding ortho intramolecular Hbond substituents is 1. The van der Waals surface area contributed by atoms with Crippen LogP contribution in [0, 0.1) is 0 Å². The standard InChI is InChI=1S/C19H20O4/c1-21-17-9-13(10-18(22-2)19(17)23-3)6-12-7-14-4-5-16(20)11-15(14)8-12/h4-6,9-11,20H,7-8H2,1-3H3. The lowest BCUT2D eigenvalue weighted by Crippen LogP contribution is -1.95. The van der Waals surface area contributed by atoms with Gasteiger partial charge in [-0.1, -0.05) is 17.7 Å². The molecule has 0 bridgehead atoms. The minimum atomic E-state index is 0.317. The summed E-state index contributed by atoms with van der Waals surface area (Å²) in [5.41, 5.74) is 4.75. The zero-order chi connectivity index (χ0) is 16.4. The van der Waals surface area contributed by atoms with Gasteiger partial charge in [-0.25, -0.2) is 0 Å². The van der Waals surface area contributed by atoms with Gasteiger partial charge in [0, 0.05) is 0 Å². The first-order chi connectivity index (χ1) is 11.1. The van der Waals surface area contributed by atoms with Crippen LogP contribution in [0.2, 0.25) is 0 Å². The number of hydrogen-bond acceptors (Lipinski definition) is 4. The SMILES string of the molecule is COc1cc(C=C2Cc3ccc(O)cc3C2)cc(OC)c1OC. The van der Waals surface area contributed by atoms with Crippen molar-refractivity contribution in [2.75, 3.05) is 21.3 Å². The van der Waals surface area contributed by atoms with E-state index in [-0.39, 0.29) is 0 Å². The Morgan fingerprint density at radius 1 is 0.870 bits per heavy atom. The van der Waals surface area contributed by atoms with Gasteiger partial charge in [0.05, 0.1) is 21.3 Å². The second-order valence-corrected chi connectivity index (χ2v) is 5.57. The highest BCUT2D eigenvalue weighted by molar-refractivity contribution is 5.65. The fraction of sp³-hybridized carbons (Fsp3) is 0.263. The average molecular weight is 312 g/mol. The van der Waals surface area contributed by atoms with Crippen molar-refractivity contribution < 1.29 is 19.3 Å². The molecule has 3 rings (SSSR count). The van der Waals surface area contributed by atoms with Crippen LogP contribution in [-0.2, 0) is 12.8 Å². The van der Waals surface area contributed by atoms with Crippen LogP contribution >= 0.6 is 0 Å². The Labute approximate surface area is 135 Å². The van der Waals surface area contributed by atoms with Gasteiger partial charge in [-0.15, -0.1) is 0 Å². The van der Waals surface area contributed by atoms with Crippen LogP contribution in [0.1, 0.15) is 16.7 Å². The van der Waals surface area contributed by atoms with Gasteiger partial charge in [0.2, 0.25) is 5.75 Å². The van der Waals surface area contributed by atoms with Crippen molar-refractivity contribution in [1.29, 1.82) is 0 Å². The molecular formula is C19H20O4. The molecule has 0 unspecified atom stereocenters. The van der Waals surface area contributed by atoms with E-state index in [0.29, 0.717) is 23.0 Å². The predicted molar refractivity (Wildman–Crippen MR) is 89.6 cm³/mol. The van der Waals surface area contributed by atoms with Crippen molar-refractivity contribution in [3.8, 4) is 23.0 Å². The Balaban J connectivity index is 1.94. The average Bonchev–Trinajstić information content (AvgIpc) is 2.94. The number of hydrogen-bond donors (Lipinski definition) is 1. The van der Waals surface area contributed by atoms with Crippen molar-refractivity contribution in [3.05, 3.63) is 52.6 Å². The first-order valence-corrected chi connectivity index (χ1v) is 7.45. The molecule has 23 heavy (non-hydrogen) atoms. The number of aromatic hydroxyl groups is 1. The quantitative estimate of drug-likeness (QED) is 0.937. The third kappa shape index (κ3) is 2.97. The maximum atomic E-state index is 9.60. The summed E-state index contributed by atoms with van der Waals surface area (Å²) >= 11 is 0. The summed E-state index contributed by atoms with van der Waals surface area (Å²) in [6.45, 7) is 0. The van der Waals surface area contributed by atoms with Crippen molar-refractivity contribution in [1.82, 2.24) is 0 Å². The molecule has 0 amide bonds. The van der Waals surface area contributed by atoms with E-state index in [2.05, 4.69) is 6.08 Å². The fourth-order valence-electron chi connectivity index (χ4n) is 3.02. The van der Waals surface area contributed by atoms with Crippen molar-refractivity contribution in [2.45, 2.75) is 12.8 Å². The van der Waals surface area contributed by atoms with E-state index in [9.17, 15) is 5.11 Å². The Bertz CT molecular complexity index is 737. The van der Waals surface area contributed by atoms with E-state index in [4.69, 9.17) is 14.2 Å². The van der Waals surface area contributed by atoms with Crippen LogP contribution in [0.5, 0.6) is 23.0 Å². The number of benzene rings is 2. The van der Waals surface area contributed by atoms with E-state index < -0.39 is 0 Å². The highest BCUT2D eigenvalue weighted by Gasteiger charge is 2.17. The molecule has 0 spiro atoms. The summed E-state index contributed by atoms with van der Waals surface area (Å²) in [4.78, 5) is 0. The van der Waals surface area contributed by atoms with Gasteiger partial charge in [0.25, 0.3) is 0 Å². The molecule has 4 nitrogen and oxygen atoms in total. The lowest BCUT2D eigenvalue weighted by molar-refractivity contribution is 0.324.